The minimum absolute atomic E-state index is 0.0738. The van der Waals surface area contributed by atoms with Crippen LogP contribution >= 0.6 is 12.1 Å². The minimum atomic E-state index is 0.0738. The van der Waals surface area contributed by atoms with E-state index in [-0.39, 0.29) is 6.10 Å². The first-order chi connectivity index (χ1) is 6.63. The van der Waals surface area contributed by atoms with E-state index in [0.29, 0.717) is 23.6 Å². The SMILES string of the molecule is CC(C)Oc1cncc(N(O)SN)c1. The van der Waals surface area contributed by atoms with E-state index in [2.05, 4.69) is 4.98 Å². The lowest BCUT2D eigenvalue weighted by Gasteiger charge is -2.14. The zero-order chi connectivity index (χ0) is 10.6. The smallest absolute Gasteiger partial charge is 0.140 e. The number of rotatable bonds is 4. The molecule has 1 heterocycles. The first-order valence-corrected chi connectivity index (χ1v) is 4.94. The molecule has 0 amide bonds. The molecule has 0 aliphatic carbocycles. The standard InChI is InChI=1S/C8H13N3O2S/c1-6(2)13-8-3-7(4-10-5-8)11(12)14-9/h3-6,12H,9H2,1-2H3. The molecule has 1 rings (SSSR count). The number of aromatic nitrogens is 1. The summed E-state index contributed by atoms with van der Waals surface area (Å²) in [5.74, 6) is 0.602. The van der Waals surface area contributed by atoms with Crippen molar-refractivity contribution in [3.63, 3.8) is 0 Å². The molecule has 3 N–H and O–H groups in total. The summed E-state index contributed by atoms with van der Waals surface area (Å²) < 4.78 is 6.22. The van der Waals surface area contributed by atoms with Crippen LogP contribution < -0.4 is 14.3 Å². The molecule has 0 bridgehead atoms. The normalized spacial score (nSPS) is 10.4. The molecular formula is C8H13N3O2S. The third-order valence-corrected chi connectivity index (χ3v) is 1.80. The highest BCUT2D eigenvalue weighted by molar-refractivity contribution is 7.98. The van der Waals surface area contributed by atoms with E-state index in [0.717, 1.165) is 4.47 Å². The largest absolute Gasteiger partial charge is 0.489 e. The summed E-state index contributed by atoms with van der Waals surface area (Å²) in [6, 6.07) is 1.66. The van der Waals surface area contributed by atoms with E-state index in [1.807, 2.05) is 13.8 Å². The maximum absolute atomic E-state index is 9.26. The van der Waals surface area contributed by atoms with Gasteiger partial charge in [-0.15, -0.1) is 0 Å². The molecule has 78 valence electrons. The van der Waals surface area contributed by atoms with Gasteiger partial charge in [0.05, 0.1) is 36.3 Å². The summed E-state index contributed by atoms with van der Waals surface area (Å²) in [5.41, 5.74) is 0.482. The Hall–Kier alpha value is -0.980. The number of nitrogens with zero attached hydrogens (tertiary/aromatic N) is 2. The fourth-order valence-corrected chi connectivity index (χ4v) is 1.13. The van der Waals surface area contributed by atoms with Gasteiger partial charge in [0.1, 0.15) is 5.75 Å². The van der Waals surface area contributed by atoms with E-state index in [4.69, 9.17) is 9.88 Å². The van der Waals surface area contributed by atoms with Gasteiger partial charge in [0.15, 0.2) is 0 Å². The average molecular weight is 215 g/mol. The number of hydrogen-bond donors (Lipinski definition) is 2. The predicted molar refractivity (Wildman–Crippen MR) is 56.0 cm³/mol. The second kappa shape index (κ2) is 5.04. The number of pyridine rings is 1. The molecule has 1 aromatic heterocycles. The Labute approximate surface area is 87.1 Å². The van der Waals surface area contributed by atoms with Gasteiger partial charge in [-0.3, -0.25) is 15.3 Å². The summed E-state index contributed by atoms with van der Waals surface area (Å²) in [6.07, 6.45) is 3.15. The molecule has 0 unspecified atom stereocenters. The Kier molecular flexibility index (Phi) is 3.99. The van der Waals surface area contributed by atoms with Crippen LogP contribution in [0.2, 0.25) is 0 Å². The minimum Gasteiger partial charge on any atom is -0.489 e. The molecule has 14 heavy (non-hydrogen) atoms. The van der Waals surface area contributed by atoms with Gasteiger partial charge in [-0.2, -0.15) is 4.47 Å². The molecule has 0 fully saturated rings. The van der Waals surface area contributed by atoms with Crippen molar-refractivity contribution in [2.75, 3.05) is 4.47 Å². The summed E-state index contributed by atoms with van der Waals surface area (Å²) in [6.45, 7) is 3.84. The molecule has 1 aromatic rings. The third-order valence-electron chi connectivity index (χ3n) is 1.39. The summed E-state index contributed by atoms with van der Waals surface area (Å²) in [4.78, 5) is 3.91. The van der Waals surface area contributed by atoms with E-state index in [9.17, 15) is 5.21 Å². The van der Waals surface area contributed by atoms with Gasteiger partial charge < -0.3 is 4.74 Å². The molecule has 0 spiro atoms. The van der Waals surface area contributed by atoms with E-state index in [1.54, 1.807) is 12.3 Å². The monoisotopic (exact) mass is 215 g/mol. The lowest BCUT2D eigenvalue weighted by Crippen LogP contribution is -2.12. The molecule has 6 heteroatoms. The Balaban J connectivity index is 2.78. The van der Waals surface area contributed by atoms with Crippen LogP contribution in [0.15, 0.2) is 18.5 Å². The lowest BCUT2D eigenvalue weighted by atomic mass is 10.4. The van der Waals surface area contributed by atoms with Crippen LogP contribution in [0.4, 0.5) is 5.69 Å². The van der Waals surface area contributed by atoms with Crippen LogP contribution in [-0.4, -0.2) is 16.3 Å². The molecule has 0 aliphatic rings. The number of nitrogens with two attached hydrogens (primary N) is 1. The Morgan fingerprint density at radius 3 is 2.86 bits per heavy atom. The molecular weight excluding hydrogens is 202 g/mol. The van der Waals surface area contributed by atoms with Crippen molar-refractivity contribution in [3.05, 3.63) is 18.5 Å². The topological polar surface area (TPSA) is 71.6 Å². The highest BCUT2D eigenvalue weighted by Gasteiger charge is 2.05. The Morgan fingerprint density at radius 1 is 1.57 bits per heavy atom. The van der Waals surface area contributed by atoms with Gasteiger partial charge in [0.2, 0.25) is 0 Å². The average Bonchev–Trinajstić information content (AvgIpc) is 2.16. The lowest BCUT2D eigenvalue weighted by molar-refractivity contribution is 0.241. The summed E-state index contributed by atoms with van der Waals surface area (Å²) in [7, 11) is 0. The second-order valence-electron chi connectivity index (χ2n) is 2.92. The maximum Gasteiger partial charge on any atom is 0.140 e. The Morgan fingerprint density at radius 2 is 2.29 bits per heavy atom. The molecule has 0 atom stereocenters. The first-order valence-electron chi connectivity index (χ1n) is 4.11. The summed E-state index contributed by atoms with van der Waals surface area (Å²) >= 11 is 0.699. The van der Waals surface area contributed by atoms with Crippen LogP contribution in [0.1, 0.15) is 13.8 Å². The highest BCUT2D eigenvalue weighted by atomic mass is 32.2. The molecule has 0 saturated carbocycles. The van der Waals surface area contributed by atoms with E-state index < -0.39 is 0 Å². The number of ether oxygens (including phenoxy) is 1. The molecule has 0 radical (unpaired) electrons. The number of hydrogen-bond acceptors (Lipinski definition) is 6. The van der Waals surface area contributed by atoms with Crippen molar-refractivity contribution in [1.82, 2.24) is 4.98 Å². The zero-order valence-corrected chi connectivity index (χ0v) is 8.86. The van der Waals surface area contributed by atoms with Gasteiger partial charge in [-0.1, -0.05) is 0 Å². The Bertz CT molecular complexity index is 296. The van der Waals surface area contributed by atoms with Gasteiger partial charge in [0.25, 0.3) is 0 Å². The van der Waals surface area contributed by atoms with Gasteiger partial charge in [0, 0.05) is 6.07 Å². The molecule has 0 aromatic carbocycles. The van der Waals surface area contributed by atoms with E-state index >= 15 is 0 Å². The fourth-order valence-electron chi connectivity index (χ4n) is 0.909. The predicted octanol–water partition coefficient (Wildman–Crippen LogP) is 1.59. The summed E-state index contributed by atoms with van der Waals surface area (Å²) in [5, 5.41) is 14.4. The zero-order valence-electron chi connectivity index (χ0n) is 8.04. The van der Waals surface area contributed by atoms with Gasteiger partial charge >= 0.3 is 0 Å². The van der Waals surface area contributed by atoms with Crippen LogP contribution in [0.5, 0.6) is 5.75 Å². The van der Waals surface area contributed by atoms with Crippen molar-refractivity contribution in [1.29, 1.82) is 0 Å². The molecule has 0 saturated heterocycles. The molecule has 0 aliphatic heterocycles. The van der Waals surface area contributed by atoms with Crippen molar-refractivity contribution in [2.45, 2.75) is 20.0 Å². The fraction of sp³-hybridized carbons (Fsp3) is 0.375. The van der Waals surface area contributed by atoms with Crippen LogP contribution in [0.25, 0.3) is 0 Å². The first kappa shape index (κ1) is 11.1. The van der Waals surface area contributed by atoms with Gasteiger partial charge in [-0.05, 0) is 13.8 Å². The second-order valence-corrected chi connectivity index (χ2v) is 3.48. The van der Waals surface area contributed by atoms with Crippen molar-refractivity contribution >= 4 is 17.8 Å². The van der Waals surface area contributed by atoms with Crippen LogP contribution in [-0.2, 0) is 0 Å². The quantitative estimate of drug-likeness (QED) is 0.587. The van der Waals surface area contributed by atoms with Crippen LogP contribution in [0, 0.1) is 0 Å². The van der Waals surface area contributed by atoms with Crippen molar-refractivity contribution < 1.29 is 9.94 Å². The van der Waals surface area contributed by atoms with E-state index in [1.165, 1.54) is 6.20 Å². The van der Waals surface area contributed by atoms with Crippen LogP contribution in [0.3, 0.4) is 0 Å². The van der Waals surface area contributed by atoms with Crippen molar-refractivity contribution in [3.8, 4) is 5.75 Å². The number of anilines is 1. The highest BCUT2D eigenvalue weighted by Crippen LogP contribution is 2.21. The molecule has 5 nitrogen and oxygen atoms in total. The van der Waals surface area contributed by atoms with Crippen molar-refractivity contribution in [2.24, 2.45) is 5.14 Å². The maximum atomic E-state index is 9.26. The van der Waals surface area contributed by atoms with Gasteiger partial charge in [-0.25, -0.2) is 0 Å². The third kappa shape index (κ3) is 3.06.